The van der Waals surface area contributed by atoms with Crippen LogP contribution in [0.1, 0.15) is 64.4 Å². The molecule has 2 N–H and O–H groups in total. The third kappa shape index (κ3) is 7.12. The molecule has 1 aliphatic rings. The molecule has 5 nitrogen and oxygen atoms in total. The summed E-state index contributed by atoms with van der Waals surface area (Å²) in [5, 5.41) is 7.27. The predicted octanol–water partition coefficient (Wildman–Crippen LogP) is 3.82. The highest BCUT2D eigenvalue weighted by atomic mass is 32.2. The Labute approximate surface area is 173 Å². The molecule has 6 heteroatoms. The van der Waals surface area contributed by atoms with E-state index in [1.54, 1.807) is 7.11 Å². The summed E-state index contributed by atoms with van der Waals surface area (Å²) in [5.41, 5.74) is 1.31. The van der Waals surface area contributed by atoms with E-state index in [0.29, 0.717) is 17.2 Å². The second kappa shape index (κ2) is 12.1. The fraction of sp³-hybridized carbons (Fsp3) is 0.682. The zero-order valence-corrected chi connectivity index (χ0v) is 18.7. The number of hydrogen-bond acceptors (Lipinski definition) is 3. The fourth-order valence-corrected chi connectivity index (χ4v) is 5.08. The van der Waals surface area contributed by atoms with Gasteiger partial charge in [0.25, 0.3) is 0 Å². The van der Waals surface area contributed by atoms with Gasteiger partial charge in [-0.2, -0.15) is 0 Å². The van der Waals surface area contributed by atoms with Gasteiger partial charge in [0.15, 0.2) is 5.96 Å². The summed E-state index contributed by atoms with van der Waals surface area (Å²) in [6.07, 6.45) is 5.33. The smallest absolute Gasteiger partial charge is 0.191 e. The summed E-state index contributed by atoms with van der Waals surface area (Å²) in [5.74, 6) is 2.98. The van der Waals surface area contributed by atoms with E-state index in [-0.39, 0.29) is 0 Å². The van der Waals surface area contributed by atoms with E-state index in [1.807, 2.05) is 19.1 Å². The third-order valence-corrected chi connectivity index (χ3v) is 7.23. The first-order valence-electron chi connectivity index (χ1n) is 10.6. The van der Waals surface area contributed by atoms with E-state index >= 15 is 0 Å². The Bertz CT molecular complexity index is 633. The average Bonchev–Trinajstić information content (AvgIpc) is 2.73. The molecular weight excluding hydrogens is 370 g/mol. The van der Waals surface area contributed by atoms with Gasteiger partial charge in [-0.15, -0.1) is 0 Å². The number of guanidine groups is 1. The first-order valence-corrected chi connectivity index (χ1v) is 12.0. The first kappa shape index (κ1) is 22.7. The molecule has 1 aromatic rings. The van der Waals surface area contributed by atoms with E-state index in [2.05, 4.69) is 36.6 Å². The van der Waals surface area contributed by atoms with Gasteiger partial charge >= 0.3 is 0 Å². The van der Waals surface area contributed by atoms with Gasteiger partial charge in [0.05, 0.1) is 7.11 Å². The van der Waals surface area contributed by atoms with Gasteiger partial charge < -0.3 is 15.4 Å². The monoisotopic (exact) mass is 407 g/mol. The Hall–Kier alpha value is -1.56. The molecule has 2 rings (SSSR count). The molecule has 0 radical (unpaired) electrons. The van der Waals surface area contributed by atoms with E-state index in [0.717, 1.165) is 62.7 Å². The zero-order chi connectivity index (χ0) is 20.4. The van der Waals surface area contributed by atoms with E-state index in [1.165, 1.54) is 5.56 Å². The lowest BCUT2D eigenvalue weighted by molar-refractivity contribution is 0.413. The van der Waals surface area contributed by atoms with Crippen LogP contribution >= 0.6 is 0 Å². The van der Waals surface area contributed by atoms with Crippen molar-refractivity contribution in [1.29, 1.82) is 0 Å². The van der Waals surface area contributed by atoms with Crippen molar-refractivity contribution < 1.29 is 8.95 Å². The molecule has 4 unspecified atom stereocenters. The number of methoxy groups -OCH3 is 1. The lowest BCUT2D eigenvalue weighted by Crippen LogP contribution is -2.46. The zero-order valence-electron chi connectivity index (χ0n) is 17.9. The number of rotatable bonds is 9. The van der Waals surface area contributed by atoms with Gasteiger partial charge in [0, 0.05) is 40.9 Å². The van der Waals surface area contributed by atoms with Crippen molar-refractivity contribution in [2.45, 2.75) is 70.1 Å². The van der Waals surface area contributed by atoms with Crippen LogP contribution in [-0.2, 0) is 10.8 Å². The molecule has 0 aliphatic heterocycles. The highest BCUT2D eigenvalue weighted by Gasteiger charge is 2.26. The molecule has 1 fully saturated rings. The van der Waals surface area contributed by atoms with E-state index in [4.69, 9.17) is 9.73 Å². The molecule has 4 atom stereocenters. The van der Waals surface area contributed by atoms with Crippen LogP contribution in [0.2, 0.25) is 0 Å². The van der Waals surface area contributed by atoms with Crippen molar-refractivity contribution in [2.75, 3.05) is 26.0 Å². The summed E-state index contributed by atoms with van der Waals surface area (Å²) in [4.78, 5) is 4.79. The van der Waals surface area contributed by atoms with Crippen LogP contribution in [-0.4, -0.2) is 47.4 Å². The molecule has 158 valence electrons. The number of benzene rings is 1. The standard InChI is InChI=1S/C22H37N3O2S/c1-5-23-22(25-19-8-7-9-21(16-19)28(26)6-2)24-15-14-17(3)18-10-12-20(27-4)13-11-18/h10-13,17,19,21H,5-9,14-16H2,1-4H3,(H2,23,24,25). The minimum Gasteiger partial charge on any atom is -0.497 e. The molecule has 1 aromatic carbocycles. The molecule has 0 amide bonds. The summed E-state index contributed by atoms with van der Waals surface area (Å²) in [6, 6.07) is 8.66. The van der Waals surface area contributed by atoms with Crippen molar-refractivity contribution in [3.8, 4) is 5.75 Å². The summed E-state index contributed by atoms with van der Waals surface area (Å²) in [6.45, 7) is 7.97. The summed E-state index contributed by atoms with van der Waals surface area (Å²) < 4.78 is 17.4. The third-order valence-electron chi connectivity index (χ3n) is 5.48. The highest BCUT2D eigenvalue weighted by Crippen LogP contribution is 2.23. The maximum absolute atomic E-state index is 12.2. The van der Waals surface area contributed by atoms with Crippen LogP contribution in [0.3, 0.4) is 0 Å². The number of hydrogen-bond donors (Lipinski definition) is 2. The van der Waals surface area contributed by atoms with Crippen LogP contribution in [0, 0.1) is 0 Å². The van der Waals surface area contributed by atoms with E-state index < -0.39 is 10.8 Å². The Morgan fingerprint density at radius 2 is 2.04 bits per heavy atom. The van der Waals surface area contributed by atoms with Gasteiger partial charge in [-0.3, -0.25) is 9.20 Å². The minimum atomic E-state index is -0.697. The topological polar surface area (TPSA) is 62.7 Å². The van der Waals surface area contributed by atoms with Crippen LogP contribution < -0.4 is 15.4 Å². The number of aliphatic imine (C=N–C) groups is 1. The second-order valence-corrected chi connectivity index (χ2v) is 9.53. The van der Waals surface area contributed by atoms with Crippen molar-refractivity contribution >= 4 is 16.8 Å². The molecule has 0 saturated heterocycles. The fourth-order valence-electron chi connectivity index (χ4n) is 3.73. The van der Waals surface area contributed by atoms with Crippen molar-refractivity contribution in [1.82, 2.24) is 10.6 Å². The normalized spacial score (nSPS) is 22.4. The molecule has 0 bridgehead atoms. The molecule has 1 saturated carbocycles. The Kier molecular flexibility index (Phi) is 9.82. The summed E-state index contributed by atoms with van der Waals surface area (Å²) >= 11 is 0. The maximum Gasteiger partial charge on any atom is 0.191 e. The molecule has 0 aromatic heterocycles. The van der Waals surface area contributed by atoms with Crippen LogP contribution in [0.25, 0.3) is 0 Å². The van der Waals surface area contributed by atoms with Gasteiger partial charge in [-0.1, -0.05) is 32.4 Å². The van der Waals surface area contributed by atoms with Gasteiger partial charge in [0.2, 0.25) is 0 Å². The number of nitrogens with zero attached hydrogens (tertiary/aromatic N) is 1. The SMILES string of the molecule is CCNC(=NCCC(C)c1ccc(OC)cc1)NC1CCCC(S(=O)CC)C1. The van der Waals surface area contributed by atoms with Gasteiger partial charge in [0.1, 0.15) is 5.75 Å². The number of ether oxygens (including phenoxy) is 1. The van der Waals surface area contributed by atoms with Crippen molar-refractivity contribution in [3.63, 3.8) is 0 Å². The molecule has 0 heterocycles. The molecule has 1 aliphatic carbocycles. The first-order chi connectivity index (χ1) is 13.6. The lowest BCUT2D eigenvalue weighted by atomic mass is 9.95. The van der Waals surface area contributed by atoms with E-state index in [9.17, 15) is 4.21 Å². The lowest BCUT2D eigenvalue weighted by Gasteiger charge is -2.30. The van der Waals surface area contributed by atoms with Crippen LogP contribution in [0.5, 0.6) is 5.75 Å². The minimum absolute atomic E-state index is 0.328. The Morgan fingerprint density at radius 1 is 1.29 bits per heavy atom. The Morgan fingerprint density at radius 3 is 2.68 bits per heavy atom. The van der Waals surface area contributed by atoms with Gasteiger partial charge in [-0.05, 0) is 56.2 Å². The summed E-state index contributed by atoms with van der Waals surface area (Å²) in [7, 11) is 0.994. The van der Waals surface area contributed by atoms with Crippen molar-refractivity contribution in [3.05, 3.63) is 29.8 Å². The van der Waals surface area contributed by atoms with Crippen molar-refractivity contribution in [2.24, 2.45) is 4.99 Å². The number of nitrogens with one attached hydrogen (secondary N) is 2. The van der Waals surface area contributed by atoms with Crippen LogP contribution in [0.15, 0.2) is 29.3 Å². The molecule has 0 spiro atoms. The average molecular weight is 408 g/mol. The highest BCUT2D eigenvalue weighted by molar-refractivity contribution is 7.85. The molecule has 28 heavy (non-hydrogen) atoms. The molecular formula is C22H37N3O2S. The maximum atomic E-state index is 12.2. The second-order valence-electron chi connectivity index (χ2n) is 7.52. The quantitative estimate of drug-likeness (QED) is 0.482. The largest absolute Gasteiger partial charge is 0.497 e. The Balaban J connectivity index is 1.87. The predicted molar refractivity (Wildman–Crippen MR) is 120 cm³/mol. The van der Waals surface area contributed by atoms with Gasteiger partial charge in [-0.25, -0.2) is 0 Å². The van der Waals surface area contributed by atoms with Crippen LogP contribution in [0.4, 0.5) is 0 Å².